The Balaban J connectivity index is 1.29. The molecule has 160 valence electrons. The lowest BCUT2D eigenvalue weighted by Crippen LogP contribution is -2.45. The zero-order valence-electron chi connectivity index (χ0n) is 17.2. The van der Waals surface area contributed by atoms with Crippen molar-refractivity contribution in [2.75, 3.05) is 31.5 Å². The number of hydrogen-bond donors (Lipinski definition) is 1. The molecule has 2 aromatic carbocycles. The highest BCUT2D eigenvalue weighted by molar-refractivity contribution is 5.93. The number of carbonyl (C=O) groups excluding carboxylic acids is 2. The Labute approximate surface area is 180 Å². The molecule has 0 aliphatic carbocycles. The Bertz CT molecular complexity index is 1040. The Morgan fingerprint density at radius 2 is 2.03 bits per heavy atom. The Hall–Kier alpha value is -3.24. The summed E-state index contributed by atoms with van der Waals surface area (Å²) in [4.78, 5) is 25.8. The van der Waals surface area contributed by atoms with E-state index in [-0.39, 0.29) is 11.5 Å². The van der Waals surface area contributed by atoms with Crippen LogP contribution in [0.2, 0.25) is 0 Å². The Kier molecular flexibility index (Phi) is 6.01. The van der Waals surface area contributed by atoms with E-state index in [2.05, 4.69) is 10.2 Å². The van der Waals surface area contributed by atoms with Crippen LogP contribution in [0.25, 0.3) is 0 Å². The molecule has 0 radical (unpaired) electrons. The quantitative estimate of drug-likeness (QED) is 0.546. The summed E-state index contributed by atoms with van der Waals surface area (Å²) in [6.45, 7) is 3.34. The molecule has 0 atom stereocenters. The van der Waals surface area contributed by atoms with Crippen molar-refractivity contribution in [1.82, 2.24) is 4.90 Å². The van der Waals surface area contributed by atoms with Gasteiger partial charge in [0.1, 0.15) is 24.8 Å². The molecule has 0 unspecified atom stereocenters. The highest BCUT2D eigenvalue weighted by atomic mass is 19.1. The fourth-order valence-corrected chi connectivity index (χ4v) is 4.19. The van der Waals surface area contributed by atoms with E-state index in [9.17, 15) is 14.0 Å². The SMILES string of the molecule is N#Cc1cc(NCC2(C=O)CCN(CCc3ccc4c(c3)COC4=O)CC2)ccc1F. The van der Waals surface area contributed by atoms with Crippen molar-refractivity contribution in [2.45, 2.75) is 25.9 Å². The van der Waals surface area contributed by atoms with Gasteiger partial charge in [0.05, 0.1) is 11.1 Å². The van der Waals surface area contributed by atoms with Gasteiger partial charge in [-0.2, -0.15) is 5.26 Å². The molecule has 2 aliphatic rings. The number of ether oxygens (including phenoxy) is 1. The zero-order valence-corrected chi connectivity index (χ0v) is 17.2. The number of nitriles is 1. The first-order valence-corrected chi connectivity index (χ1v) is 10.4. The third-order valence-electron chi connectivity index (χ3n) is 6.30. The summed E-state index contributed by atoms with van der Waals surface area (Å²) in [5.74, 6) is -0.796. The number of likely N-dealkylation sites (tertiary alicyclic amines) is 1. The predicted octanol–water partition coefficient (Wildman–Crippen LogP) is 3.30. The van der Waals surface area contributed by atoms with Gasteiger partial charge in [-0.1, -0.05) is 12.1 Å². The number of piperidine rings is 1. The van der Waals surface area contributed by atoms with Crippen LogP contribution >= 0.6 is 0 Å². The number of benzene rings is 2. The lowest BCUT2D eigenvalue weighted by Gasteiger charge is -2.38. The largest absolute Gasteiger partial charge is 0.457 e. The fourth-order valence-electron chi connectivity index (χ4n) is 4.19. The topological polar surface area (TPSA) is 82.4 Å². The van der Waals surface area contributed by atoms with Crippen LogP contribution in [0.15, 0.2) is 36.4 Å². The maximum absolute atomic E-state index is 13.5. The van der Waals surface area contributed by atoms with E-state index in [4.69, 9.17) is 10.00 Å². The molecule has 2 aromatic rings. The van der Waals surface area contributed by atoms with E-state index >= 15 is 0 Å². The molecular weight excluding hydrogens is 397 g/mol. The number of carbonyl (C=O) groups is 2. The van der Waals surface area contributed by atoms with Gasteiger partial charge < -0.3 is 19.7 Å². The van der Waals surface area contributed by atoms with Crippen LogP contribution in [0.4, 0.5) is 10.1 Å². The van der Waals surface area contributed by atoms with Crippen molar-refractivity contribution in [3.05, 3.63) is 64.5 Å². The summed E-state index contributed by atoms with van der Waals surface area (Å²) in [6, 6.07) is 12.0. The first kappa shape index (κ1) is 21.0. The van der Waals surface area contributed by atoms with Crippen LogP contribution in [-0.4, -0.2) is 43.3 Å². The van der Waals surface area contributed by atoms with Gasteiger partial charge in [0.2, 0.25) is 0 Å². The number of nitrogens with one attached hydrogen (secondary N) is 1. The van der Waals surface area contributed by atoms with Crippen molar-refractivity contribution in [3.63, 3.8) is 0 Å². The summed E-state index contributed by atoms with van der Waals surface area (Å²) in [7, 11) is 0. The lowest BCUT2D eigenvalue weighted by atomic mass is 9.79. The lowest BCUT2D eigenvalue weighted by molar-refractivity contribution is -0.117. The van der Waals surface area contributed by atoms with E-state index in [0.717, 1.165) is 50.7 Å². The van der Waals surface area contributed by atoms with E-state index in [0.29, 0.717) is 24.4 Å². The van der Waals surface area contributed by atoms with Crippen molar-refractivity contribution in [3.8, 4) is 6.07 Å². The number of rotatable bonds is 7. The molecule has 1 fully saturated rings. The molecular formula is C24H24FN3O3. The summed E-state index contributed by atoms with van der Waals surface area (Å²) in [5.41, 5.74) is 2.95. The van der Waals surface area contributed by atoms with Crippen LogP contribution in [0, 0.1) is 22.6 Å². The van der Waals surface area contributed by atoms with Gasteiger partial charge >= 0.3 is 5.97 Å². The van der Waals surface area contributed by atoms with Crippen molar-refractivity contribution in [2.24, 2.45) is 5.41 Å². The zero-order chi connectivity index (χ0) is 21.8. The maximum atomic E-state index is 13.5. The van der Waals surface area contributed by atoms with E-state index < -0.39 is 11.2 Å². The second-order valence-corrected chi connectivity index (χ2v) is 8.30. The third kappa shape index (κ3) is 4.59. The molecule has 1 saturated heterocycles. The summed E-state index contributed by atoms with van der Waals surface area (Å²) in [5, 5.41) is 12.2. The van der Waals surface area contributed by atoms with Crippen molar-refractivity contribution < 1.29 is 18.7 Å². The van der Waals surface area contributed by atoms with Gasteiger partial charge in [-0.25, -0.2) is 9.18 Å². The molecule has 0 aromatic heterocycles. The van der Waals surface area contributed by atoms with E-state index in [1.54, 1.807) is 6.07 Å². The minimum Gasteiger partial charge on any atom is -0.457 e. The summed E-state index contributed by atoms with van der Waals surface area (Å²) < 4.78 is 18.6. The molecule has 2 aliphatic heterocycles. The second-order valence-electron chi connectivity index (χ2n) is 8.30. The van der Waals surface area contributed by atoms with Gasteiger partial charge in [-0.15, -0.1) is 0 Å². The van der Waals surface area contributed by atoms with Crippen LogP contribution in [-0.2, 0) is 22.6 Å². The first-order valence-electron chi connectivity index (χ1n) is 10.4. The highest BCUT2D eigenvalue weighted by Crippen LogP contribution is 2.30. The Morgan fingerprint density at radius 3 is 2.77 bits per heavy atom. The van der Waals surface area contributed by atoms with E-state index in [1.807, 2.05) is 24.3 Å². The molecule has 0 bridgehead atoms. The normalized spacial score (nSPS) is 17.5. The standard InChI is InChI=1S/C24H24FN3O3/c25-22-4-2-20(12-18(22)13-26)27-15-24(16-29)6-9-28(10-7-24)8-5-17-1-3-21-19(11-17)14-31-23(21)30/h1-4,11-12,16,27H,5-10,14-15H2. The van der Waals surface area contributed by atoms with Crippen LogP contribution in [0.3, 0.4) is 0 Å². The highest BCUT2D eigenvalue weighted by Gasteiger charge is 2.34. The van der Waals surface area contributed by atoms with Gasteiger partial charge in [0.15, 0.2) is 0 Å². The van der Waals surface area contributed by atoms with Gasteiger partial charge in [-0.05, 0) is 62.2 Å². The molecule has 7 heteroatoms. The maximum Gasteiger partial charge on any atom is 0.338 e. The molecule has 31 heavy (non-hydrogen) atoms. The monoisotopic (exact) mass is 421 g/mol. The number of nitrogens with zero attached hydrogens (tertiary/aromatic N) is 2. The average Bonchev–Trinajstić information content (AvgIpc) is 3.18. The van der Waals surface area contributed by atoms with Crippen molar-refractivity contribution in [1.29, 1.82) is 5.26 Å². The van der Waals surface area contributed by atoms with Crippen molar-refractivity contribution >= 4 is 17.9 Å². The molecule has 0 saturated carbocycles. The number of halogens is 1. The second kappa shape index (κ2) is 8.86. The minimum atomic E-state index is -0.547. The molecule has 0 spiro atoms. The summed E-state index contributed by atoms with van der Waals surface area (Å²) in [6.07, 6.45) is 3.38. The number of hydrogen-bond acceptors (Lipinski definition) is 6. The average molecular weight is 421 g/mol. The van der Waals surface area contributed by atoms with Crippen LogP contribution < -0.4 is 5.32 Å². The van der Waals surface area contributed by atoms with Crippen LogP contribution in [0.5, 0.6) is 0 Å². The molecule has 2 heterocycles. The number of esters is 1. The van der Waals surface area contributed by atoms with Gasteiger partial charge in [0, 0.05) is 29.8 Å². The molecule has 6 nitrogen and oxygen atoms in total. The number of anilines is 1. The number of fused-ring (bicyclic) bond motifs is 1. The molecule has 4 rings (SSSR count). The van der Waals surface area contributed by atoms with E-state index in [1.165, 1.54) is 17.7 Å². The third-order valence-corrected chi connectivity index (χ3v) is 6.30. The Morgan fingerprint density at radius 1 is 1.23 bits per heavy atom. The summed E-state index contributed by atoms with van der Waals surface area (Å²) >= 11 is 0. The van der Waals surface area contributed by atoms with Gasteiger partial charge in [-0.3, -0.25) is 0 Å². The molecule has 0 amide bonds. The molecule has 1 N–H and O–H groups in total. The predicted molar refractivity (Wildman–Crippen MR) is 113 cm³/mol. The number of cyclic esters (lactones) is 1. The smallest absolute Gasteiger partial charge is 0.338 e. The minimum absolute atomic E-state index is 0.0116. The fraction of sp³-hybridized carbons (Fsp3) is 0.375. The number of aldehydes is 1. The van der Waals surface area contributed by atoms with Gasteiger partial charge in [0.25, 0.3) is 0 Å². The van der Waals surface area contributed by atoms with Crippen LogP contribution in [0.1, 0.15) is 39.9 Å². The first-order chi connectivity index (χ1) is 15.0.